The summed E-state index contributed by atoms with van der Waals surface area (Å²) in [5.41, 5.74) is 5.58. The van der Waals surface area contributed by atoms with E-state index in [1.54, 1.807) is 26.5 Å². The van der Waals surface area contributed by atoms with Gasteiger partial charge in [0.15, 0.2) is 5.56 Å². The SMILES string of the molecule is C.C.C.C.C.C1CCOC1.CN(C)/N=C/c1c([N+](=O)[O-])cncc1[N+](=O)[O-].Cc1c([N+](=O)[O-])cncc1[N+](=O)[O-].Nc1cncc2[nH]ccc12. The van der Waals surface area contributed by atoms with Gasteiger partial charge in [-0.3, -0.25) is 55.4 Å². The number of fused-ring (bicyclic) bond motifs is 1. The fraction of sp³-hybridized carbons (Fsp3) is 0.400. The Morgan fingerprint density at radius 2 is 1.18 bits per heavy atom. The fourth-order valence-electron chi connectivity index (χ4n) is 3.43. The van der Waals surface area contributed by atoms with Gasteiger partial charge in [0, 0.05) is 38.9 Å². The van der Waals surface area contributed by atoms with Crippen LogP contribution in [0.2, 0.25) is 0 Å². The minimum absolute atomic E-state index is 0. The quantitative estimate of drug-likeness (QED) is 0.115. The maximum Gasteiger partial charge on any atom is 0.303 e. The monoisotopic (exact) mass is 707 g/mol. The number of hydrogen-bond donors (Lipinski definition) is 2. The highest BCUT2D eigenvalue weighted by atomic mass is 16.6. The summed E-state index contributed by atoms with van der Waals surface area (Å²) in [6.45, 7) is 3.32. The molecule has 4 aromatic heterocycles. The molecule has 3 N–H and O–H groups in total. The van der Waals surface area contributed by atoms with E-state index in [4.69, 9.17) is 10.5 Å². The van der Waals surface area contributed by atoms with Crippen LogP contribution in [0.4, 0.5) is 28.4 Å². The molecule has 0 radical (unpaired) electrons. The highest BCUT2D eigenvalue weighted by molar-refractivity contribution is 5.90. The third-order valence-electron chi connectivity index (χ3n) is 5.65. The molecule has 1 aliphatic heterocycles. The van der Waals surface area contributed by atoms with Crippen molar-refractivity contribution >= 4 is 45.6 Å². The van der Waals surface area contributed by atoms with Crippen LogP contribution in [0.15, 0.2) is 54.5 Å². The molecule has 0 aromatic carbocycles. The Kier molecular flexibility index (Phi) is 25.3. The van der Waals surface area contributed by atoms with Gasteiger partial charge in [-0.1, -0.05) is 37.1 Å². The van der Waals surface area contributed by atoms with Gasteiger partial charge >= 0.3 is 11.4 Å². The number of hydrazone groups is 1. The molecule has 1 fully saturated rings. The second kappa shape index (κ2) is 24.9. The minimum atomic E-state index is -0.739. The van der Waals surface area contributed by atoms with Crippen LogP contribution in [0.25, 0.3) is 10.9 Å². The van der Waals surface area contributed by atoms with Crippen molar-refractivity contribution in [1.29, 1.82) is 0 Å². The van der Waals surface area contributed by atoms with Crippen LogP contribution >= 0.6 is 0 Å². The maximum atomic E-state index is 10.7. The zero-order valence-corrected chi connectivity index (χ0v) is 24.3. The summed E-state index contributed by atoms with van der Waals surface area (Å²) in [5, 5.41) is 48.3. The van der Waals surface area contributed by atoms with Gasteiger partial charge in [-0.25, -0.2) is 0 Å². The number of nitrogens with two attached hydrogens (primary N) is 1. The average molecular weight is 708 g/mol. The number of pyridine rings is 3. The summed E-state index contributed by atoms with van der Waals surface area (Å²) < 4.78 is 4.94. The summed E-state index contributed by atoms with van der Waals surface area (Å²) in [6, 6.07) is 1.94. The van der Waals surface area contributed by atoms with Crippen molar-refractivity contribution in [3.8, 4) is 0 Å². The molecule has 0 amide bonds. The summed E-state index contributed by atoms with van der Waals surface area (Å²) in [4.78, 5) is 53.0. The van der Waals surface area contributed by atoms with Gasteiger partial charge in [-0.15, -0.1) is 0 Å². The van der Waals surface area contributed by atoms with E-state index in [9.17, 15) is 40.5 Å². The van der Waals surface area contributed by atoms with Gasteiger partial charge in [-0.05, 0) is 25.8 Å². The van der Waals surface area contributed by atoms with E-state index < -0.39 is 31.1 Å². The molecule has 0 saturated carbocycles. The lowest BCUT2D eigenvalue weighted by Crippen LogP contribution is -2.05. The van der Waals surface area contributed by atoms with Crippen LogP contribution < -0.4 is 5.73 Å². The van der Waals surface area contributed by atoms with Crippen LogP contribution in [0.3, 0.4) is 0 Å². The second-order valence-electron chi connectivity index (χ2n) is 9.00. The lowest BCUT2D eigenvalue weighted by atomic mass is 10.2. The Balaban J connectivity index is -0.000000288. The van der Waals surface area contributed by atoms with E-state index in [1.165, 1.54) is 24.8 Å². The molecule has 1 aliphatic rings. The second-order valence-corrected chi connectivity index (χ2v) is 9.00. The number of anilines is 1. The summed E-state index contributed by atoms with van der Waals surface area (Å²) in [5.74, 6) is 0. The number of nitrogens with one attached hydrogen (secondary N) is 1. The van der Waals surface area contributed by atoms with Crippen molar-refractivity contribution in [2.45, 2.75) is 56.9 Å². The van der Waals surface area contributed by atoms with Gasteiger partial charge in [0.2, 0.25) is 0 Å². The predicted molar refractivity (Wildman–Crippen MR) is 195 cm³/mol. The summed E-state index contributed by atoms with van der Waals surface area (Å²) in [7, 11) is 3.19. The lowest BCUT2D eigenvalue weighted by molar-refractivity contribution is -0.395. The van der Waals surface area contributed by atoms with Crippen molar-refractivity contribution < 1.29 is 24.4 Å². The van der Waals surface area contributed by atoms with Crippen LogP contribution in [0.5, 0.6) is 0 Å². The molecule has 1 saturated heterocycles. The molecule has 0 atom stereocenters. The number of H-pyrrole nitrogens is 1. The molecule has 20 nitrogen and oxygen atoms in total. The van der Waals surface area contributed by atoms with E-state index in [1.807, 2.05) is 12.3 Å². The molecule has 5 rings (SSSR count). The number of ether oxygens (including phenoxy) is 1. The number of rotatable bonds is 6. The minimum Gasteiger partial charge on any atom is -0.397 e. The first-order valence-electron chi connectivity index (χ1n) is 12.8. The first-order valence-corrected chi connectivity index (χ1v) is 12.8. The summed E-state index contributed by atoms with van der Waals surface area (Å²) >= 11 is 0. The molecule has 0 spiro atoms. The molecule has 278 valence electrons. The Morgan fingerprint density at radius 3 is 1.54 bits per heavy atom. The van der Waals surface area contributed by atoms with Crippen molar-refractivity contribution in [2.24, 2.45) is 5.10 Å². The zero-order chi connectivity index (χ0) is 33.5. The number of nitrogens with zero attached hydrogens (tertiary/aromatic N) is 9. The van der Waals surface area contributed by atoms with Crippen LogP contribution in [0, 0.1) is 47.4 Å². The van der Waals surface area contributed by atoms with Crippen molar-refractivity contribution in [3.05, 3.63) is 101 Å². The average Bonchev–Trinajstić information content (AvgIpc) is 3.73. The summed E-state index contributed by atoms with van der Waals surface area (Å²) in [6.07, 6.45) is 12.8. The van der Waals surface area contributed by atoms with Gasteiger partial charge < -0.3 is 20.5 Å². The predicted octanol–water partition coefficient (Wildman–Crippen LogP) is 7.12. The van der Waals surface area contributed by atoms with E-state index in [2.05, 4.69) is 25.0 Å². The fourth-order valence-corrected chi connectivity index (χ4v) is 3.43. The molecule has 0 bridgehead atoms. The molecule has 0 unspecified atom stereocenters. The normalized spacial score (nSPS) is 10.5. The van der Waals surface area contributed by atoms with E-state index in [0.29, 0.717) is 0 Å². The van der Waals surface area contributed by atoms with E-state index in [-0.39, 0.29) is 59.6 Å². The van der Waals surface area contributed by atoms with Crippen LogP contribution in [0.1, 0.15) is 61.1 Å². The van der Waals surface area contributed by atoms with Gasteiger partial charge in [0.25, 0.3) is 11.4 Å². The number of aromatic amines is 1. The Hall–Kier alpha value is -6.18. The van der Waals surface area contributed by atoms with Crippen molar-refractivity contribution in [2.75, 3.05) is 33.0 Å². The Morgan fingerprint density at radius 1 is 0.760 bits per heavy atom. The maximum absolute atomic E-state index is 10.7. The molecule has 0 aliphatic carbocycles. The standard InChI is InChI=1S/C8H9N5O4.C7H7N3.C6H5N3O4.C4H8O.5CH4/c1-11(2)10-3-6-7(12(14)15)4-9-5-8(6)13(16)17;8-6-3-9-4-7-5(6)1-2-10-7;1-4-5(8(10)11)2-7-3-6(4)9(12)13;1-2-4-5-3-1;;;;;/h3-5H,1-2H3;1-4,10H,8H2;2-3H,1H3;1-4H2;5*1H4/b10-3+;;;;;;;;. The smallest absolute Gasteiger partial charge is 0.303 e. The third-order valence-corrected chi connectivity index (χ3v) is 5.65. The molecule has 50 heavy (non-hydrogen) atoms. The first-order chi connectivity index (χ1) is 21.3. The van der Waals surface area contributed by atoms with Crippen molar-refractivity contribution in [1.82, 2.24) is 24.9 Å². The van der Waals surface area contributed by atoms with Crippen LogP contribution in [-0.2, 0) is 4.74 Å². The largest absolute Gasteiger partial charge is 0.397 e. The molecule has 4 aromatic rings. The van der Waals surface area contributed by atoms with Gasteiger partial charge in [0.05, 0.1) is 49.5 Å². The number of nitrogen functional groups attached to an aromatic ring is 1. The van der Waals surface area contributed by atoms with Gasteiger partial charge in [0.1, 0.15) is 30.4 Å². The molecular weight excluding hydrogens is 658 g/mol. The Bertz CT molecular complexity index is 1600. The molecular formula is C30H49N11O9. The number of aromatic nitrogens is 4. The van der Waals surface area contributed by atoms with E-state index >= 15 is 0 Å². The van der Waals surface area contributed by atoms with Crippen molar-refractivity contribution in [3.63, 3.8) is 0 Å². The number of nitro groups is 4. The highest BCUT2D eigenvalue weighted by Crippen LogP contribution is 2.25. The Labute approximate surface area is 291 Å². The van der Waals surface area contributed by atoms with Gasteiger partial charge in [-0.2, -0.15) is 5.10 Å². The van der Waals surface area contributed by atoms with Crippen LogP contribution in [-0.4, -0.2) is 78.2 Å². The first kappa shape index (κ1) is 50.7. The lowest BCUT2D eigenvalue weighted by Gasteiger charge is -2.03. The number of hydrogen-bond acceptors (Lipinski definition) is 15. The molecule has 5 heterocycles. The topological polar surface area (TPSA) is 278 Å². The van der Waals surface area contributed by atoms with E-state index in [0.717, 1.165) is 60.8 Å². The zero-order valence-electron chi connectivity index (χ0n) is 24.3. The molecule has 20 heteroatoms. The highest BCUT2D eigenvalue weighted by Gasteiger charge is 2.24. The third kappa shape index (κ3) is 15.2.